The van der Waals surface area contributed by atoms with Crippen LogP contribution in [0.1, 0.15) is 16.8 Å². The third kappa shape index (κ3) is 4.48. The van der Waals surface area contributed by atoms with Crippen LogP contribution in [-0.2, 0) is 4.79 Å². The van der Waals surface area contributed by atoms with Crippen molar-refractivity contribution in [3.63, 3.8) is 0 Å². The smallest absolute Gasteiger partial charge is 0.251 e. The van der Waals surface area contributed by atoms with Crippen LogP contribution in [0.3, 0.4) is 0 Å². The molecule has 0 aliphatic heterocycles. The SMILES string of the molecule is O=C(CCNC(=O)c1ccccc1)Nc1c(Cl)cccc1Cl. The number of hydrogen-bond acceptors (Lipinski definition) is 2. The Bertz CT molecular complexity index is 655. The van der Waals surface area contributed by atoms with Crippen molar-refractivity contribution in [1.29, 1.82) is 0 Å². The fourth-order valence-corrected chi connectivity index (χ4v) is 2.29. The molecule has 0 aliphatic carbocycles. The molecular weight excluding hydrogens is 323 g/mol. The third-order valence-corrected chi connectivity index (χ3v) is 3.53. The molecular formula is C16H14Cl2N2O2. The molecule has 0 bridgehead atoms. The van der Waals surface area contributed by atoms with Crippen molar-refractivity contribution in [3.8, 4) is 0 Å². The van der Waals surface area contributed by atoms with Crippen molar-refractivity contribution >= 4 is 40.7 Å². The first kappa shape index (κ1) is 16.3. The molecule has 2 N–H and O–H groups in total. The van der Waals surface area contributed by atoms with Crippen molar-refractivity contribution in [2.45, 2.75) is 6.42 Å². The summed E-state index contributed by atoms with van der Waals surface area (Å²) in [7, 11) is 0. The summed E-state index contributed by atoms with van der Waals surface area (Å²) in [5.41, 5.74) is 0.933. The highest BCUT2D eigenvalue weighted by atomic mass is 35.5. The molecule has 0 aliphatic rings. The molecule has 22 heavy (non-hydrogen) atoms. The first-order valence-electron chi connectivity index (χ1n) is 6.65. The van der Waals surface area contributed by atoms with E-state index in [1.165, 1.54) is 0 Å². The van der Waals surface area contributed by atoms with Crippen LogP contribution in [0.4, 0.5) is 5.69 Å². The van der Waals surface area contributed by atoms with E-state index in [4.69, 9.17) is 23.2 Å². The Morgan fingerprint density at radius 2 is 1.55 bits per heavy atom. The maximum Gasteiger partial charge on any atom is 0.251 e. The summed E-state index contributed by atoms with van der Waals surface area (Å²) in [6.45, 7) is 0.224. The fourth-order valence-electron chi connectivity index (χ4n) is 1.80. The van der Waals surface area contributed by atoms with Crippen molar-refractivity contribution < 1.29 is 9.59 Å². The lowest BCUT2D eigenvalue weighted by Gasteiger charge is -2.09. The minimum Gasteiger partial charge on any atom is -0.352 e. The standard InChI is InChI=1S/C16H14Cl2N2O2/c17-12-7-4-8-13(18)15(12)20-14(21)9-10-19-16(22)11-5-2-1-3-6-11/h1-8H,9-10H2,(H,19,22)(H,20,21). The zero-order valence-corrected chi connectivity index (χ0v) is 13.1. The van der Waals surface area contributed by atoms with Gasteiger partial charge in [0.25, 0.3) is 5.91 Å². The highest BCUT2D eigenvalue weighted by Crippen LogP contribution is 2.29. The number of anilines is 1. The number of carbonyl (C=O) groups excluding carboxylic acids is 2. The zero-order valence-electron chi connectivity index (χ0n) is 11.6. The topological polar surface area (TPSA) is 58.2 Å². The molecule has 114 valence electrons. The average Bonchev–Trinajstić information content (AvgIpc) is 2.52. The molecule has 0 heterocycles. The van der Waals surface area contributed by atoms with Crippen LogP contribution in [0.15, 0.2) is 48.5 Å². The van der Waals surface area contributed by atoms with Crippen LogP contribution >= 0.6 is 23.2 Å². The Balaban J connectivity index is 1.82. The normalized spacial score (nSPS) is 10.1. The van der Waals surface area contributed by atoms with E-state index in [2.05, 4.69) is 10.6 Å². The largest absolute Gasteiger partial charge is 0.352 e. The summed E-state index contributed by atoms with van der Waals surface area (Å²) in [6, 6.07) is 13.8. The second-order valence-electron chi connectivity index (χ2n) is 4.52. The first-order valence-corrected chi connectivity index (χ1v) is 7.40. The molecule has 0 atom stereocenters. The van der Waals surface area contributed by atoms with E-state index in [1.54, 1.807) is 42.5 Å². The molecule has 2 amide bonds. The molecule has 0 saturated heterocycles. The van der Waals surface area contributed by atoms with E-state index >= 15 is 0 Å². The number of halogens is 2. The van der Waals surface area contributed by atoms with Gasteiger partial charge in [0.05, 0.1) is 15.7 Å². The van der Waals surface area contributed by atoms with Crippen LogP contribution in [0.25, 0.3) is 0 Å². The summed E-state index contributed by atoms with van der Waals surface area (Å²) >= 11 is 11.9. The Morgan fingerprint density at radius 3 is 2.18 bits per heavy atom. The quantitative estimate of drug-likeness (QED) is 0.873. The van der Waals surface area contributed by atoms with Crippen molar-refractivity contribution in [3.05, 3.63) is 64.1 Å². The zero-order chi connectivity index (χ0) is 15.9. The van der Waals surface area contributed by atoms with Crippen LogP contribution < -0.4 is 10.6 Å². The van der Waals surface area contributed by atoms with Crippen molar-refractivity contribution in [2.24, 2.45) is 0 Å². The van der Waals surface area contributed by atoms with E-state index in [-0.39, 0.29) is 24.8 Å². The number of rotatable bonds is 5. The third-order valence-electron chi connectivity index (χ3n) is 2.90. The number of benzene rings is 2. The minimum atomic E-state index is -0.275. The van der Waals surface area contributed by atoms with Gasteiger partial charge in [-0.15, -0.1) is 0 Å². The van der Waals surface area contributed by atoms with Crippen LogP contribution in [0.5, 0.6) is 0 Å². The molecule has 0 spiro atoms. The predicted molar refractivity (Wildman–Crippen MR) is 88.5 cm³/mol. The van der Waals surface area contributed by atoms with E-state index in [0.717, 1.165) is 0 Å². The van der Waals surface area contributed by atoms with Gasteiger partial charge in [-0.1, -0.05) is 47.5 Å². The van der Waals surface area contributed by atoms with Crippen LogP contribution in [0, 0.1) is 0 Å². The minimum absolute atomic E-state index is 0.125. The van der Waals surface area contributed by atoms with E-state index in [1.807, 2.05) is 6.07 Å². The molecule has 2 rings (SSSR count). The van der Waals surface area contributed by atoms with E-state index in [9.17, 15) is 9.59 Å². The molecule has 0 fully saturated rings. The molecule has 2 aromatic carbocycles. The lowest BCUT2D eigenvalue weighted by atomic mass is 10.2. The first-order chi connectivity index (χ1) is 10.6. The van der Waals surface area contributed by atoms with Gasteiger partial charge < -0.3 is 10.6 Å². The van der Waals surface area contributed by atoms with E-state index in [0.29, 0.717) is 21.3 Å². The van der Waals surface area contributed by atoms with Gasteiger partial charge in [0.1, 0.15) is 0 Å². The number of para-hydroxylation sites is 1. The van der Waals surface area contributed by atoms with Gasteiger partial charge >= 0.3 is 0 Å². The second-order valence-corrected chi connectivity index (χ2v) is 5.33. The fraction of sp³-hybridized carbons (Fsp3) is 0.125. The van der Waals surface area contributed by atoms with Crippen LogP contribution in [-0.4, -0.2) is 18.4 Å². The lowest BCUT2D eigenvalue weighted by Crippen LogP contribution is -2.27. The molecule has 6 heteroatoms. The monoisotopic (exact) mass is 336 g/mol. The second kappa shape index (κ2) is 7.82. The molecule has 4 nitrogen and oxygen atoms in total. The Kier molecular flexibility index (Phi) is 5.81. The molecule has 0 unspecified atom stereocenters. The van der Waals surface area contributed by atoms with Crippen molar-refractivity contribution in [2.75, 3.05) is 11.9 Å². The highest BCUT2D eigenvalue weighted by Gasteiger charge is 2.10. The van der Waals surface area contributed by atoms with Gasteiger partial charge in [0.15, 0.2) is 0 Å². The van der Waals surface area contributed by atoms with Gasteiger partial charge in [0.2, 0.25) is 5.91 Å². The number of hydrogen-bond donors (Lipinski definition) is 2. The maximum absolute atomic E-state index is 11.9. The van der Waals surface area contributed by atoms with Gasteiger partial charge in [-0.3, -0.25) is 9.59 Å². The summed E-state index contributed by atoms with van der Waals surface area (Å²) in [6.07, 6.45) is 0.125. The summed E-state index contributed by atoms with van der Waals surface area (Å²) in [5, 5.41) is 6.06. The van der Waals surface area contributed by atoms with Crippen LogP contribution in [0.2, 0.25) is 10.0 Å². The lowest BCUT2D eigenvalue weighted by molar-refractivity contribution is -0.116. The molecule has 0 saturated carbocycles. The van der Waals surface area contributed by atoms with Gasteiger partial charge in [0, 0.05) is 18.5 Å². The molecule has 0 radical (unpaired) electrons. The Hall–Kier alpha value is -2.04. The summed E-state index contributed by atoms with van der Waals surface area (Å²) in [5.74, 6) is -0.493. The predicted octanol–water partition coefficient (Wildman–Crippen LogP) is 3.75. The highest BCUT2D eigenvalue weighted by molar-refractivity contribution is 6.39. The Morgan fingerprint density at radius 1 is 0.909 bits per heavy atom. The summed E-state index contributed by atoms with van der Waals surface area (Å²) in [4.78, 5) is 23.7. The molecule has 2 aromatic rings. The number of carbonyl (C=O) groups is 2. The van der Waals surface area contributed by atoms with Gasteiger partial charge in [-0.25, -0.2) is 0 Å². The van der Waals surface area contributed by atoms with Crippen molar-refractivity contribution in [1.82, 2.24) is 5.32 Å². The number of amides is 2. The molecule has 0 aromatic heterocycles. The number of nitrogens with one attached hydrogen (secondary N) is 2. The average molecular weight is 337 g/mol. The Labute approximate surface area is 138 Å². The summed E-state index contributed by atoms with van der Waals surface area (Å²) < 4.78 is 0. The maximum atomic E-state index is 11.9. The van der Waals surface area contributed by atoms with Gasteiger partial charge in [-0.2, -0.15) is 0 Å². The van der Waals surface area contributed by atoms with Gasteiger partial charge in [-0.05, 0) is 24.3 Å². The van der Waals surface area contributed by atoms with E-state index < -0.39 is 0 Å².